The Labute approximate surface area is 95.2 Å². The van der Waals surface area contributed by atoms with Gasteiger partial charge in [-0.05, 0) is 30.9 Å². The van der Waals surface area contributed by atoms with E-state index in [1.165, 1.54) is 0 Å². The highest BCUT2D eigenvalue weighted by atomic mass is 79.9. The Bertz CT molecular complexity index is 419. The Kier molecular flexibility index (Phi) is 2.54. The van der Waals surface area contributed by atoms with Crippen LogP contribution in [0.15, 0.2) is 22.7 Å². The van der Waals surface area contributed by atoms with Crippen molar-refractivity contribution < 1.29 is 14.3 Å². The lowest BCUT2D eigenvalue weighted by molar-refractivity contribution is -0.152. The molecule has 0 bridgehead atoms. The average molecular weight is 273 g/mol. The molecule has 0 fully saturated rings. The van der Waals surface area contributed by atoms with Gasteiger partial charge in [0.05, 0.1) is 0 Å². The first kappa shape index (κ1) is 10.6. The standard InChI is InChI=1S/C11H10BrFO2/c12-8-5-1-3-7-4-2-6-11(13,9(7)8)10(14)15/h1,3,5H,2,4,6H2,(H,14,15). The van der Waals surface area contributed by atoms with Gasteiger partial charge < -0.3 is 5.11 Å². The largest absolute Gasteiger partial charge is 0.479 e. The zero-order chi connectivity index (χ0) is 11.1. The summed E-state index contributed by atoms with van der Waals surface area (Å²) < 4.78 is 14.9. The summed E-state index contributed by atoms with van der Waals surface area (Å²) in [5, 5.41) is 8.97. The zero-order valence-electron chi connectivity index (χ0n) is 7.96. The molecule has 0 spiro atoms. The van der Waals surface area contributed by atoms with Gasteiger partial charge in [0.2, 0.25) is 5.67 Å². The van der Waals surface area contributed by atoms with Gasteiger partial charge in [-0.15, -0.1) is 0 Å². The zero-order valence-corrected chi connectivity index (χ0v) is 9.55. The molecule has 2 nitrogen and oxygen atoms in total. The number of rotatable bonds is 1. The number of alkyl halides is 1. The molecule has 0 heterocycles. The fourth-order valence-corrected chi connectivity index (χ4v) is 2.80. The second-order valence-corrected chi connectivity index (χ2v) is 4.59. The number of fused-ring (bicyclic) bond motifs is 1. The van der Waals surface area contributed by atoms with Gasteiger partial charge in [0.1, 0.15) is 0 Å². The summed E-state index contributed by atoms with van der Waals surface area (Å²) in [6, 6.07) is 5.27. The van der Waals surface area contributed by atoms with Crippen molar-refractivity contribution in [2.75, 3.05) is 0 Å². The summed E-state index contributed by atoms with van der Waals surface area (Å²) in [7, 11) is 0. The second kappa shape index (κ2) is 3.59. The number of carboxylic acid groups (broad SMARTS) is 1. The number of hydrogen-bond donors (Lipinski definition) is 1. The van der Waals surface area contributed by atoms with E-state index in [9.17, 15) is 9.18 Å². The summed E-state index contributed by atoms with van der Waals surface area (Å²) in [5.74, 6) is -1.39. The molecule has 0 saturated carbocycles. The highest BCUT2D eigenvalue weighted by molar-refractivity contribution is 9.10. The molecule has 15 heavy (non-hydrogen) atoms. The van der Waals surface area contributed by atoms with E-state index in [1.807, 2.05) is 0 Å². The van der Waals surface area contributed by atoms with Gasteiger partial charge in [-0.25, -0.2) is 9.18 Å². The molecule has 0 aliphatic heterocycles. The van der Waals surface area contributed by atoms with Crippen molar-refractivity contribution in [2.24, 2.45) is 0 Å². The lowest BCUT2D eigenvalue weighted by atomic mass is 9.80. The van der Waals surface area contributed by atoms with E-state index in [1.54, 1.807) is 18.2 Å². The molecule has 4 heteroatoms. The molecular weight excluding hydrogens is 263 g/mol. The van der Waals surface area contributed by atoms with Gasteiger partial charge in [0, 0.05) is 10.0 Å². The van der Waals surface area contributed by atoms with Gasteiger partial charge in [0.15, 0.2) is 0 Å². The van der Waals surface area contributed by atoms with Gasteiger partial charge >= 0.3 is 5.97 Å². The summed E-state index contributed by atoms with van der Waals surface area (Å²) in [6.07, 6.45) is 1.37. The van der Waals surface area contributed by atoms with Crippen LogP contribution < -0.4 is 0 Å². The minimum atomic E-state index is -2.23. The topological polar surface area (TPSA) is 37.3 Å². The van der Waals surface area contributed by atoms with E-state index < -0.39 is 11.6 Å². The molecule has 1 aromatic rings. The second-order valence-electron chi connectivity index (χ2n) is 3.73. The maximum Gasteiger partial charge on any atom is 0.346 e. The molecule has 0 radical (unpaired) electrons. The number of halogens is 2. The maximum absolute atomic E-state index is 14.3. The molecule has 1 unspecified atom stereocenters. The van der Waals surface area contributed by atoms with Gasteiger partial charge in [0.25, 0.3) is 0 Å². The number of carbonyl (C=O) groups is 1. The molecule has 2 rings (SSSR count). The molecule has 1 aromatic carbocycles. The van der Waals surface area contributed by atoms with Crippen LogP contribution in [0.5, 0.6) is 0 Å². The van der Waals surface area contributed by atoms with E-state index in [0.717, 1.165) is 12.0 Å². The first-order valence-electron chi connectivity index (χ1n) is 4.76. The predicted molar refractivity (Wildman–Crippen MR) is 57.5 cm³/mol. The third kappa shape index (κ3) is 1.57. The Morgan fingerprint density at radius 3 is 2.93 bits per heavy atom. The summed E-state index contributed by atoms with van der Waals surface area (Å²) >= 11 is 3.22. The highest BCUT2D eigenvalue weighted by Gasteiger charge is 2.45. The van der Waals surface area contributed by atoms with Crippen LogP contribution in [0.4, 0.5) is 4.39 Å². The van der Waals surface area contributed by atoms with Crippen LogP contribution in [0.2, 0.25) is 0 Å². The van der Waals surface area contributed by atoms with Crippen molar-refractivity contribution in [1.82, 2.24) is 0 Å². The van der Waals surface area contributed by atoms with Crippen LogP contribution in [-0.4, -0.2) is 11.1 Å². The van der Waals surface area contributed by atoms with Crippen LogP contribution in [0.1, 0.15) is 24.0 Å². The van der Waals surface area contributed by atoms with Crippen molar-refractivity contribution in [3.05, 3.63) is 33.8 Å². The van der Waals surface area contributed by atoms with Crippen molar-refractivity contribution in [2.45, 2.75) is 24.9 Å². The molecular formula is C11H10BrFO2. The Morgan fingerprint density at radius 1 is 1.53 bits per heavy atom. The minimum Gasteiger partial charge on any atom is -0.479 e. The monoisotopic (exact) mass is 272 g/mol. The van der Waals surface area contributed by atoms with Gasteiger partial charge in [-0.2, -0.15) is 0 Å². The highest BCUT2D eigenvalue weighted by Crippen LogP contribution is 2.42. The molecule has 0 aromatic heterocycles. The lowest BCUT2D eigenvalue weighted by Crippen LogP contribution is -2.35. The SMILES string of the molecule is O=C(O)C1(F)CCCc2cccc(Br)c21. The fraction of sp³-hybridized carbons (Fsp3) is 0.364. The first-order chi connectivity index (χ1) is 7.05. The number of benzene rings is 1. The Hall–Kier alpha value is -0.900. The Balaban J connectivity index is 2.64. The van der Waals surface area contributed by atoms with Crippen molar-refractivity contribution in [1.29, 1.82) is 0 Å². The summed E-state index contributed by atoms with van der Waals surface area (Å²) in [4.78, 5) is 11.0. The minimum absolute atomic E-state index is 0.0535. The quantitative estimate of drug-likeness (QED) is 0.853. The third-order valence-electron chi connectivity index (χ3n) is 2.80. The summed E-state index contributed by atoms with van der Waals surface area (Å²) in [6.45, 7) is 0. The molecule has 80 valence electrons. The first-order valence-corrected chi connectivity index (χ1v) is 5.55. The van der Waals surface area contributed by atoms with E-state index in [4.69, 9.17) is 5.11 Å². The van der Waals surface area contributed by atoms with E-state index in [0.29, 0.717) is 16.5 Å². The van der Waals surface area contributed by atoms with E-state index in [2.05, 4.69) is 15.9 Å². The molecule has 1 aliphatic rings. The maximum atomic E-state index is 14.3. The van der Waals surface area contributed by atoms with Crippen LogP contribution in [0.3, 0.4) is 0 Å². The van der Waals surface area contributed by atoms with Gasteiger partial charge in [-0.1, -0.05) is 28.1 Å². The van der Waals surface area contributed by atoms with Gasteiger partial charge in [-0.3, -0.25) is 0 Å². The predicted octanol–water partition coefficient (Wildman–Crippen LogP) is 3.03. The number of aliphatic carboxylic acids is 1. The molecule has 0 amide bonds. The molecule has 1 atom stereocenters. The lowest BCUT2D eigenvalue weighted by Gasteiger charge is -2.29. The molecule has 1 aliphatic carbocycles. The van der Waals surface area contributed by atoms with Crippen LogP contribution in [-0.2, 0) is 16.9 Å². The number of hydrogen-bond acceptors (Lipinski definition) is 1. The average Bonchev–Trinajstić information content (AvgIpc) is 2.17. The molecule has 1 N–H and O–H groups in total. The smallest absolute Gasteiger partial charge is 0.346 e. The normalized spacial score (nSPS) is 24.7. The van der Waals surface area contributed by atoms with Crippen molar-refractivity contribution in [3.63, 3.8) is 0 Å². The van der Waals surface area contributed by atoms with Crippen molar-refractivity contribution in [3.8, 4) is 0 Å². The Morgan fingerprint density at radius 2 is 2.27 bits per heavy atom. The third-order valence-corrected chi connectivity index (χ3v) is 3.46. The molecule has 0 saturated heterocycles. The number of aryl methyl sites for hydroxylation is 1. The van der Waals surface area contributed by atoms with Crippen LogP contribution in [0, 0.1) is 0 Å². The van der Waals surface area contributed by atoms with E-state index >= 15 is 0 Å². The number of carboxylic acids is 1. The van der Waals surface area contributed by atoms with E-state index in [-0.39, 0.29) is 6.42 Å². The van der Waals surface area contributed by atoms with Crippen LogP contribution in [0.25, 0.3) is 0 Å². The van der Waals surface area contributed by atoms with Crippen LogP contribution >= 0.6 is 15.9 Å². The fourth-order valence-electron chi connectivity index (χ4n) is 2.08. The van der Waals surface area contributed by atoms with Crippen molar-refractivity contribution >= 4 is 21.9 Å². The summed E-state index contributed by atoms with van der Waals surface area (Å²) in [5.41, 5.74) is -1.14.